The van der Waals surface area contributed by atoms with E-state index in [1.54, 1.807) is 0 Å². The highest BCUT2D eigenvalue weighted by Crippen LogP contribution is 2.35. The Morgan fingerprint density at radius 1 is 1.29 bits per heavy atom. The van der Waals surface area contributed by atoms with Crippen LogP contribution < -0.4 is 5.73 Å². The molecule has 0 amide bonds. The van der Waals surface area contributed by atoms with Crippen molar-refractivity contribution in [1.82, 2.24) is 0 Å². The Morgan fingerprint density at radius 2 is 2.18 bits per heavy atom. The summed E-state index contributed by atoms with van der Waals surface area (Å²) in [6.07, 6.45) is 12.3. The molecule has 2 aliphatic rings. The third kappa shape index (κ3) is 3.96. The van der Waals surface area contributed by atoms with Crippen molar-refractivity contribution in [2.24, 2.45) is 17.6 Å². The second-order valence-corrected chi connectivity index (χ2v) is 6.08. The normalized spacial score (nSPS) is 35.3. The number of ether oxygens (including phenoxy) is 1. The Labute approximate surface area is 106 Å². The molecule has 2 rings (SSSR count). The van der Waals surface area contributed by atoms with Crippen LogP contribution in [0.15, 0.2) is 0 Å². The summed E-state index contributed by atoms with van der Waals surface area (Å²) in [5.74, 6) is 1.77. The maximum atomic E-state index is 6.34. The van der Waals surface area contributed by atoms with Crippen LogP contribution in [-0.2, 0) is 4.74 Å². The average molecular weight is 239 g/mol. The van der Waals surface area contributed by atoms with E-state index in [4.69, 9.17) is 10.5 Å². The predicted octanol–water partition coefficient (Wildman–Crippen LogP) is 3.49. The van der Waals surface area contributed by atoms with E-state index in [1.165, 1.54) is 57.8 Å². The Hall–Kier alpha value is -0.0800. The fraction of sp³-hybridized carbons (Fsp3) is 1.00. The van der Waals surface area contributed by atoms with Gasteiger partial charge in [0.05, 0.1) is 6.10 Å². The lowest BCUT2D eigenvalue weighted by molar-refractivity contribution is 0.101. The van der Waals surface area contributed by atoms with Crippen molar-refractivity contribution in [2.75, 3.05) is 6.61 Å². The minimum Gasteiger partial charge on any atom is -0.378 e. The van der Waals surface area contributed by atoms with Gasteiger partial charge in [-0.05, 0) is 56.8 Å². The first-order valence-electron chi connectivity index (χ1n) is 7.66. The smallest absolute Gasteiger partial charge is 0.0576 e. The first kappa shape index (κ1) is 13.4. The van der Waals surface area contributed by atoms with Crippen molar-refractivity contribution in [3.8, 4) is 0 Å². The quantitative estimate of drug-likeness (QED) is 0.770. The fourth-order valence-electron chi connectivity index (χ4n) is 3.56. The second-order valence-electron chi connectivity index (χ2n) is 6.08. The van der Waals surface area contributed by atoms with Gasteiger partial charge in [0, 0.05) is 12.6 Å². The number of rotatable bonds is 6. The number of hydrogen-bond acceptors (Lipinski definition) is 2. The third-order valence-corrected chi connectivity index (χ3v) is 4.85. The highest BCUT2D eigenvalue weighted by molar-refractivity contribution is 4.82. The number of nitrogens with two attached hydrogens (primary N) is 1. The van der Waals surface area contributed by atoms with Crippen molar-refractivity contribution in [3.63, 3.8) is 0 Å². The van der Waals surface area contributed by atoms with Gasteiger partial charge >= 0.3 is 0 Å². The minimum absolute atomic E-state index is 0.452. The van der Waals surface area contributed by atoms with Crippen molar-refractivity contribution in [1.29, 1.82) is 0 Å². The monoisotopic (exact) mass is 239 g/mol. The van der Waals surface area contributed by atoms with E-state index in [0.717, 1.165) is 18.4 Å². The maximum Gasteiger partial charge on any atom is 0.0576 e. The van der Waals surface area contributed by atoms with E-state index in [0.29, 0.717) is 12.1 Å². The van der Waals surface area contributed by atoms with Gasteiger partial charge in [-0.3, -0.25) is 0 Å². The van der Waals surface area contributed by atoms with Gasteiger partial charge in [-0.2, -0.15) is 0 Å². The van der Waals surface area contributed by atoms with Gasteiger partial charge in [0.25, 0.3) is 0 Å². The molecule has 1 saturated carbocycles. The highest BCUT2D eigenvalue weighted by atomic mass is 16.5. The average Bonchev–Trinajstić information content (AvgIpc) is 2.99. The summed E-state index contributed by atoms with van der Waals surface area (Å²) in [6, 6.07) is 0.452. The summed E-state index contributed by atoms with van der Waals surface area (Å²) >= 11 is 0. The van der Waals surface area contributed by atoms with Crippen LogP contribution in [0.2, 0.25) is 0 Å². The molecule has 1 aliphatic carbocycles. The first-order valence-corrected chi connectivity index (χ1v) is 7.66. The van der Waals surface area contributed by atoms with Gasteiger partial charge in [0.1, 0.15) is 0 Å². The lowest BCUT2D eigenvalue weighted by Gasteiger charge is -2.20. The van der Waals surface area contributed by atoms with Crippen LogP contribution in [0.3, 0.4) is 0 Å². The molecule has 4 unspecified atom stereocenters. The molecule has 4 atom stereocenters. The van der Waals surface area contributed by atoms with Crippen molar-refractivity contribution < 1.29 is 4.74 Å². The summed E-state index contributed by atoms with van der Waals surface area (Å²) in [5.41, 5.74) is 6.34. The van der Waals surface area contributed by atoms with Gasteiger partial charge in [0.15, 0.2) is 0 Å². The van der Waals surface area contributed by atoms with Crippen LogP contribution in [0.1, 0.15) is 64.7 Å². The van der Waals surface area contributed by atoms with E-state index < -0.39 is 0 Å². The molecule has 1 heterocycles. The fourth-order valence-corrected chi connectivity index (χ4v) is 3.56. The summed E-state index contributed by atoms with van der Waals surface area (Å²) in [6.45, 7) is 3.30. The molecule has 2 N–H and O–H groups in total. The summed E-state index contributed by atoms with van der Waals surface area (Å²) in [4.78, 5) is 0. The topological polar surface area (TPSA) is 35.2 Å². The zero-order valence-electron chi connectivity index (χ0n) is 11.4. The Kier molecular flexibility index (Phi) is 5.30. The third-order valence-electron chi connectivity index (χ3n) is 4.85. The van der Waals surface area contributed by atoms with Crippen LogP contribution in [-0.4, -0.2) is 18.8 Å². The first-order chi connectivity index (χ1) is 8.29. The van der Waals surface area contributed by atoms with Crippen LogP contribution in [0.5, 0.6) is 0 Å². The lowest BCUT2D eigenvalue weighted by atomic mass is 9.92. The van der Waals surface area contributed by atoms with Gasteiger partial charge < -0.3 is 10.5 Å². The molecular formula is C15H29NO. The van der Waals surface area contributed by atoms with Crippen molar-refractivity contribution in [3.05, 3.63) is 0 Å². The highest BCUT2D eigenvalue weighted by Gasteiger charge is 2.27. The molecule has 2 fully saturated rings. The lowest BCUT2D eigenvalue weighted by Crippen LogP contribution is -2.28. The molecular weight excluding hydrogens is 210 g/mol. The zero-order valence-corrected chi connectivity index (χ0v) is 11.4. The Bertz CT molecular complexity index is 213. The van der Waals surface area contributed by atoms with Crippen LogP contribution in [0.25, 0.3) is 0 Å². The molecule has 100 valence electrons. The largest absolute Gasteiger partial charge is 0.378 e. The van der Waals surface area contributed by atoms with Crippen molar-refractivity contribution >= 4 is 0 Å². The molecule has 0 bridgehead atoms. The molecule has 17 heavy (non-hydrogen) atoms. The van der Waals surface area contributed by atoms with E-state index in [9.17, 15) is 0 Å². The molecule has 0 aromatic heterocycles. The zero-order chi connectivity index (χ0) is 12.1. The SMILES string of the molecule is CCC1CCC(C(N)CCCC2CCCO2)C1. The molecule has 0 radical (unpaired) electrons. The van der Waals surface area contributed by atoms with Crippen LogP contribution >= 0.6 is 0 Å². The Balaban J connectivity index is 1.58. The van der Waals surface area contributed by atoms with E-state index in [1.807, 2.05) is 0 Å². The molecule has 0 aromatic rings. The standard InChI is InChI=1S/C15H29NO/c1-2-12-8-9-13(11-12)15(16)7-3-5-14-6-4-10-17-14/h12-15H,2-11,16H2,1H3. The summed E-state index contributed by atoms with van der Waals surface area (Å²) in [5, 5.41) is 0. The maximum absolute atomic E-state index is 6.34. The van der Waals surface area contributed by atoms with Gasteiger partial charge in [-0.1, -0.05) is 19.8 Å². The minimum atomic E-state index is 0.452. The van der Waals surface area contributed by atoms with Gasteiger partial charge in [-0.25, -0.2) is 0 Å². The van der Waals surface area contributed by atoms with E-state index in [2.05, 4.69) is 6.92 Å². The van der Waals surface area contributed by atoms with Gasteiger partial charge in [-0.15, -0.1) is 0 Å². The summed E-state index contributed by atoms with van der Waals surface area (Å²) in [7, 11) is 0. The number of hydrogen-bond donors (Lipinski definition) is 1. The molecule has 2 heteroatoms. The molecule has 0 spiro atoms. The predicted molar refractivity (Wildman–Crippen MR) is 71.9 cm³/mol. The summed E-state index contributed by atoms with van der Waals surface area (Å²) < 4.78 is 5.65. The molecule has 2 nitrogen and oxygen atoms in total. The van der Waals surface area contributed by atoms with Gasteiger partial charge in [0.2, 0.25) is 0 Å². The Morgan fingerprint density at radius 3 is 2.82 bits per heavy atom. The van der Waals surface area contributed by atoms with Crippen molar-refractivity contribution in [2.45, 2.75) is 76.9 Å². The van der Waals surface area contributed by atoms with Crippen LogP contribution in [0, 0.1) is 11.8 Å². The van der Waals surface area contributed by atoms with Crippen LogP contribution in [0.4, 0.5) is 0 Å². The molecule has 1 aliphatic heterocycles. The molecule has 0 aromatic carbocycles. The van der Waals surface area contributed by atoms with E-state index >= 15 is 0 Å². The molecule has 1 saturated heterocycles. The second kappa shape index (κ2) is 6.75. The van der Waals surface area contributed by atoms with E-state index in [-0.39, 0.29) is 0 Å².